The average molecular weight is 633 g/mol. The summed E-state index contributed by atoms with van der Waals surface area (Å²) in [6, 6.07) is 7.84. The van der Waals surface area contributed by atoms with E-state index in [2.05, 4.69) is 98.2 Å². The van der Waals surface area contributed by atoms with Crippen LogP contribution in [0.2, 0.25) is 98.2 Å². The van der Waals surface area contributed by atoms with Gasteiger partial charge in [0.05, 0.1) is 6.61 Å². The predicted octanol–water partition coefficient (Wildman–Crippen LogP) is 7.52. The SMILES string of the molecule is C[Si](C)(C)OC[C@H]1O[C@@H](Oc2ccccc2O[Si](C)(C)C)[C@H](O[Si](C)(C)C)[C@@H](O[Si](C)(C)C)[C@@H]1O[Si](C)(C)C. The van der Waals surface area contributed by atoms with Crippen LogP contribution in [0.4, 0.5) is 0 Å². The van der Waals surface area contributed by atoms with E-state index in [-0.39, 0.29) is 18.3 Å². The highest BCUT2D eigenvalue weighted by molar-refractivity contribution is 6.71. The molecule has 1 aliphatic rings. The zero-order valence-corrected chi connectivity index (χ0v) is 32.3. The van der Waals surface area contributed by atoms with Gasteiger partial charge in [-0.25, -0.2) is 0 Å². The van der Waals surface area contributed by atoms with Gasteiger partial charge in [0.1, 0.15) is 30.2 Å². The Balaban J connectivity index is 2.62. The molecule has 0 bridgehead atoms. The Kier molecular flexibility index (Phi) is 11.6. The molecule has 7 nitrogen and oxygen atoms in total. The van der Waals surface area contributed by atoms with Crippen molar-refractivity contribution in [1.82, 2.24) is 0 Å². The van der Waals surface area contributed by atoms with Gasteiger partial charge in [0, 0.05) is 0 Å². The maximum absolute atomic E-state index is 6.94. The Morgan fingerprint density at radius 2 is 1.03 bits per heavy atom. The fourth-order valence-corrected chi connectivity index (χ4v) is 8.89. The second-order valence-corrected chi connectivity index (χ2v) is 37.7. The summed E-state index contributed by atoms with van der Waals surface area (Å²) in [5.41, 5.74) is 0. The lowest BCUT2D eigenvalue weighted by atomic mass is 9.99. The van der Waals surface area contributed by atoms with Crippen LogP contribution in [0.3, 0.4) is 0 Å². The van der Waals surface area contributed by atoms with E-state index >= 15 is 0 Å². The van der Waals surface area contributed by atoms with Crippen molar-refractivity contribution in [3.05, 3.63) is 24.3 Å². The fraction of sp³-hybridized carbons (Fsp3) is 0.778. The molecule has 0 saturated carbocycles. The molecule has 0 radical (unpaired) electrons. The molecule has 1 heterocycles. The van der Waals surface area contributed by atoms with Crippen molar-refractivity contribution in [3.63, 3.8) is 0 Å². The predicted molar refractivity (Wildman–Crippen MR) is 174 cm³/mol. The van der Waals surface area contributed by atoms with Crippen LogP contribution in [0.1, 0.15) is 0 Å². The largest absolute Gasteiger partial charge is 0.542 e. The molecule has 1 aliphatic heterocycles. The highest BCUT2D eigenvalue weighted by Crippen LogP contribution is 2.37. The first kappa shape index (κ1) is 34.9. The summed E-state index contributed by atoms with van der Waals surface area (Å²) in [6.45, 7) is 33.3. The van der Waals surface area contributed by atoms with Crippen LogP contribution in [0.15, 0.2) is 24.3 Å². The summed E-state index contributed by atoms with van der Waals surface area (Å²) in [5, 5.41) is 0. The molecule has 0 aromatic heterocycles. The van der Waals surface area contributed by atoms with Gasteiger partial charge in [-0.1, -0.05) is 12.1 Å². The smallest absolute Gasteiger partial charge is 0.242 e. The van der Waals surface area contributed by atoms with Crippen LogP contribution in [0, 0.1) is 0 Å². The first-order valence-electron chi connectivity index (χ1n) is 14.2. The maximum Gasteiger partial charge on any atom is 0.242 e. The van der Waals surface area contributed by atoms with Gasteiger partial charge in [0.15, 0.2) is 39.0 Å². The molecule has 0 unspecified atom stereocenters. The molecule has 39 heavy (non-hydrogen) atoms. The Morgan fingerprint density at radius 3 is 1.49 bits per heavy atom. The van der Waals surface area contributed by atoms with Crippen molar-refractivity contribution in [2.45, 2.75) is 129 Å². The molecule has 5 atom stereocenters. The molecule has 1 saturated heterocycles. The summed E-state index contributed by atoms with van der Waals surface area (Å²) >= 11 is 0. The summed E-state index contributed by atoms with van der Waals surface area (Å²) in [7, 11) is -9.76. The molecular weight excluding hydrogens is 577 g/mol. The Bertz CT molecular complexity index is 913. The lowest BCUT2D eigenvalue weighted by molar-refractivity contribution is -0.265. The van der Waals surface area contributed by atoms with Gasteiger partial charge < -0.3 is 31.6 Å². The number of para-hydroxylation sites is 2. The highest BCUT2D eigenvalue weighted by Gasteiger charge is 2.53. The van der Waals surface area contributed by atoms with Crippen molar-refractivity contribution >= 4 is 41.6 Å². The molecule has 226 valence electrons. The number of hydrogen-bond donors (Lipinski definition) is 0. The minimum atomic E-state index is -2.05. The van der Waals surface area contributed by atoms with Crippen LogP contribution in [0.5, 0.6) is 11.5 Å². The highest BCUT2D eigenvalue weighted by atomic mass is 28.4. The van der Waals surface area contributed by atoms with E-state index < -0.39 is 54.0 Å². The minimum absolute atomic E-state index is 0.325. The van der Waals surface area contributed by atoms with Gasteiger partial charge in [0.25, 0.3) is 0 Å². The third-order valence-corrected chi connectivity index (χ3v) is 10.1. The standard InChI is InChI=1S/C27H56O7Si5/c1-35(2,3)28-20-23-24(32-37(7,8)9)25(33-38(10,11)12)26(34-39(13,14)15)27(30-23)29-21-18-16-17-19-22(21)31-36(4,5)6/h16-19,23-27H,20H2,1-15H3/t23-,24-,25+,26-,27-/m1/s1. The van der Waals surface area contributed by atoms with Gasteiger partial charge >= 0.3 is 0 Å². The van der Waals surface area contributed by atoms with Crippen LogP contribution in [0.25, 0.3) is 0 Å². The molecule has 0 N–H and O–H groups in total. The van der Waals surface area contributed by atoms with Gasteiger partial charge in [-0.3, -0.25) is 0 Å². The quantitative estimate of drug-likeness (QED) is 0.209. The zero-order chi connectivity index (χ0) is 30.0. The third kappa shape index (κ3) is 13.0. The van der Waals surface area contributed by atoms with E-state index in [0.717, 1.165) is 5.75 Å². The van der Waals surface area contributed by atoms with E-state index in [1.54, 1.807) is 0 Å². The lowest BCUT2D eigenvalue weighted by Crippen LogP contribution is -2.67. The Labute approximate surface area is 243 Å². The van der Waals surface area contributed by atoms with E-state index in [4.69, 9.17) is 31.6 Å². The monoisotopic (exact) mass is 632 g/mol. The minimum Gasteiger partial charge on any atom is -0.542 e. The van der Waals surface area contributed by atoms with Gasteiger partial charge in [-0.2, -0.15) is 0 Å². The van der Waals surface area contributed by atoms with E-state index in [1.807, 2.05) is 24.3 Å². The topological polar surface area (TPSA) is 64.6 Å². The Hall–Kier alpha value is -0.296. The van der Waals surface area contributed by atoms with Crippen molar-refractivity contribution in [2.75, 3.05) is 6.61 Å². The molecular formula is C27H56O7Si5. The Morgan fingerprint density at radius 1 is 0.564 bits per heavy atom. The van der Waals surface area contributed by atoms with Crippen LogP contribution >= 0.6 is 0 Å². The number of rotatable bonds is 13. The van der Waals surface area contributed by atoms with Crippen LogP contribution in [-0.4, -0.2) is 78.9 Å². The molecule has 0 aliphatic carbocycles. The lowest BCUT2D eigenvalue weighted by Gasteiger charge is -2.50. The van der Waals surface area contributed by atoms with E-state index in [0.29, 0.717) is 12.4 Å². The first-order chi connectivity index (χ1) is 17.4. The number of hydrogen-bond acceptors (Lipinski definition) is 7. The van der Waals surface area contributed by atoms with Crippen molar-refractivity contribution in [3.8, 4) is 11.5 Å². The average Bonchev–Trinajstić information content (AvgIpc) is 2.68. The summed E-state index contributed by atoms with van der Waals surface area (Å²) in [6.07, 6.45) is -2.21. The molecule has 1 fully saturated rings. The second-order valence-electron chi connectivity index (χ2n) is 15.3. The summed E-state index contributed by atoms with van der Waals surface area (Å²) in [4.78, 5) is 0. The number of ether oxygens (including phenoxy) is 2. The zero-order valence-electron chi connectivity index (χ0n) is 27.3. The molecule has 1 aromatic rings. The first-order valence-corrected chi connectivity index (χ1v) is 31.2. The molecule has 0 amide bonds. The molecule has 0 spiro atoms. The van der Waals surface area contributed by atoms with E-state index in [9.17, 15) is 0 Å². The second kappa shape index (κ2) is 12.9. The van der Waals surface area contributed by atoms with Crippen LogP contribution in [-0.2, 0) is 22.4 Å². The fourth-order valence-electron chi connectivity index (χ4n) is 4.15. The third-order valence-electron chi connectivity index (χ3n) is 5.25. The van der Waals surface area contributed by atoms with Crippen molar-refractivity contribution in [1.29, 1.82) is 0 Å². The van der Waals surface area contributed by atoms with Crippen LogP contribution < -0.4 is 9.16 Å². The number of benzene rings is 1. The van der Waals surface area contributed by atoms with Gasteiger partial charge in [0.2, 0.25) is 14.6 Å². The maximum atomic E-state index is 6.94. The van der Waals surface area contributed by atoms with Crippen molar-refractivity contribution in [2.24, 2.45) is 0 Å². The molecule has 1 aromatic carbocycles. The molecule has 2 rings (SSSR count). The molecule has 12 heteroatoms. The normalized spacial score (nSPS) is 25.5. The summed E-state index contributed by atoms with van der Waals surface area (Å²) in [5.74, 6) is 1.38. The van der Waals surface area contributed by atoms with Gasteiger partial charge in [-0.05, 0) is 110 Å². The van der Waals surface area contributed by atoms with Gasteiger partial charge in [-0.15, -0.1) is 0 Å². The van der Waals surface area contributed by atoms with E-state index in [1.165, 1.54) is 0 Å². The summed E-state index contributed by atoms with van der Waals surface area (Å²) < 4.78 is 46.9. The van der Waals surface area contributed by atoms with Crippen molar-refractivity contribution < 1.29 is 31.6 Å².